The summed E-state index contributed by atoms with van der Waals surface area (Å²) in [5.74, 6) is 1.34. The minimum absolute atomic E-state index is 0.607. The molecule has 0 fully saturated rings. The Labute approximate surface area is 140 Å². The SMILES string of the molecule is CCN(Cc1noc(C)n1)Cc1cnc(-c2ccccc2C)s1. The quantitative estimate of drug-likeness (QED) is 0.688. The normalized spacial score (nSPS) is 11.3. The van der Waals surface area contributed by atoms with E-state index in [2.05, 4.69) is 58.1 Å². The lowest BCUT2D eigenvalue weighted by molar-refractivity contribution is 0.261. The molecule has 0 aliphatic heterocycles. The van der Waals surface area contributed by atoms with Crippen LogP contribution in [0.25, 0.3) is 10.6 Å². The highest BCUT2D eigenvalue weighted by Gasteiger charge is 2.12. The van der Waals surface area contributed by atoms with Crippen LogP contribution in [0.2, 0.25) is 0 Å². The van der Waals surface area contributed by atoms with Gasteiger partial charge in [0.05, 0.1) is 6.54 Å². The minimum atomic E-state index is 0.607. The zero-order chi connectivity index (χ0) is 16.2. The molecular formula is C17H20N4OS. The van der Waals surface area contributed by atoms with Gasteiger partial charge in [0.15, 0.2) is 5.82 Å². The molecule has 0 bridgehead atoms. The van der Waals surface area contributed by atoms with Crippen molar-refractivity contribution in [1.82, 2.24) is 20.0 Å². The van der Waals surface area contributed by atoms with E-state index in [1.54, 1.807) is 11.3 Å². The lowest BCUT2D eigenvalue weighted by Gasteiger charge is -2.16. The molecule has 0 amide bonds. The molecule has 2 aromatic heterocycles. The molecule has 1 aromatic carbocycles. The lowest BCUT2D eigenvalue weighted by atomic mass is 10.1. The third kappa shape index (κ3) is 3.83. The van der Waals surface area contributed by atoms with Gasteiger partial charge in [-0.3, -0.25) is 4.90 Å². The molecule has 0 unspecified atom stereocenters. The van der Waals surface area contributed by atoms with Crippen LogP contribution >= 0.6 is 11.3 Å². The summed E-state index contributed by atoms with van der Waals surface area (Å²) < 4.78 is 5.04. The van der Waals surface area contributed by atoms with Crippen molar-refractivity contribution in [3.63, 3.8) is 0 Å². The molecule has 2 heterocycles. The maximum Gasteiger partial charge on any atom is 0.223 e. The standard InChI is InChI=1S/C17H20N4OS/c1-4-21(11-16-19-13(3)22-20-16)10-14-9-18-17(23-14)15-8-6-5-7-12(15)2/h5-9H,4,10-11H2,1-3H3. The first-order valence-electron chi connectivity index (χ1n) is 7.68. The van der Waals surface area contributed by atoms with Gasteiger partial charge in [-0.2, -0.15) is 4.98 Å². The highest BCUT2D eigenvalue weighted by Crippen LogP contribution is 2.28. The predicted octanol–water partition coefficient (Wildman–Crippen LogP) is 3.83. The molecule has 0 atom stereocenters. The number of thiazole rings is 1. The molecular weight excluding hydrogens is 308 g/mol. The van der Waals surface area contributed by atoms with E-state index in [4.69, 9.17) is 4.52 Å². The van der Waals surface area contributed by atoms with Crippen LogP contribution in [0.1, 0.15) is 29.1 Å². The molecule has 0 spiro atoms. The van der Waals surface area contributed by atoms with E-state index in [0.717, 1.165) is 23.9 Å². The summed E-state index contributed by atoms with van der Waals surface area (Å²) in [6.07, 6.45) is 1.97. The zero-order valence-electron chi connectivity index (χ0n) is 13.6. The van der Waals surface area contributed by atoms with Crippen LogP contribution in [0.3, 0.4) is 0 Å². The first-order valence-corrected chi connectivity index (χ1v) is 8.49. The van der Waals surface area contributed by atoms with E-state index < -0.39 is 0 Å². The van der Waals surface area contributed by atoms with Crippen LogP contribution in [0, 0.1) is 13.8 Å². The Hall–Kier alpha value is -2.05. The van der Waals surface area contributed by atoms with E-state index >= 15 is 0 Å². The Kier molecular flexibility index (Phi) is 4.83. The average molecular weight is 328 g/mol. The first-order chi connectivity index (χ1) is 11.2. The van der Waals surface area contributed by atoms with Crippen LogP contribution in [0.15, 0.2) is 35.0 Å². The Bertz CT molecular complexity index is 780. The van der Waals surface area contributed by atoms with E-state index in [0.29, 0.717) is 12.4 Å². The van der Waals surface area contributed by atoms with Crippen molar-refractivity contribution in [2.75, 3.05) is 6.54 Å². The summed E-state index contributed by atoms with van der Waals surface area (Å²) in [7, 11) is 0. The second kappa shape index (κ2) is 7.02. The molecule has 5 nitrogen and oxygen atoms in total. The summed E-state index contributed by atoms with van der Waals surface area (Å²) in [4.78, 5) is 12.4. The molecule has 3 rings (SSSR count). The summed E-state index contributed by atoms with van der Waals surface area (Å²) >= 11 is 1.74. The van der Waals surface area contributed by atoms with Gasteiger partial charge in [0.1, 0.15) is 5.01 Å². The van der Waals surface area contributed by atoms with Crippen molar-refractivity contribution in [3.05, 3.63) is 52.6 Å². The molecule has 3 aromatic rings. The fourth-order valence-electron chi connectivity index (χ4n) is 2.42. The Morgan fingerprint density at radius 2 is 2.00 bits per heavy atom. The molecule has 6 heteroatoms. The van der Waals surface area contributed by atoms with Gasteiger partial charge in [0.2, 0.25) is 5.89 Å². The fraction of sp³-hybridized carbons (Fsp3) is 0.353. The molecule has 0 N–H and O–H groups in total. The molecule has 23 heavy (non-hydrogen) atoms. The topological polar surface area (TPSA) is 55.1 Å². The molecule has 0 radical (unpaired) electrons. The fourth-order valence-corrected chi connectivity index (χ4v) is 3.47. The summed E-state index contributed by atoms with van der Waals surface area (Å²) in [5.41, 5.74) is 2.46. The van der Waals surface area contributed by atoms with Crippen LogP contribution in [0.5, 0.6) is 0 Å². The summed E-state index contributed by atoms with van der Waals surface area (Å²) in [6.45, 7) is 8.51. The van der Waals surface area contributed by atoms with E-state index in [1.807, 2.05) is 13.1 Å². The van der Waals surface area contributed by atoms with Crippen molar-refractivity contribution in [2.24, 2.45) is 0 Å². The van der Waals surface area contributed by atoms with Crippen molar-refractivity contribution in [1.29, 1.82) is 0 Å². The molecule has 0 aliphatic rings. The van der Waals surface area contributed by atoms with Gasteiger partial charge in [-0.15, -0.1) is 11.3 Å². The zero-order valence-corrected chi connectivity index (χ0v) is 14.4. The average Bonchev–Trinajstić information content (AvgIpc) is 3.16. The number of hydrogen-bond acceptors (Lipinski definition) is 6. The maximum absolute atomic E-state index is 5.04. The Morgan fingerprint density at radius 3 is 2.70 bits per heavy atom. The third-order valence-corrected chi connectivity index (χ3v) is 4.71. The number of rotatable bonds is 6. The van der Waals surface area contributed by atoms with Gasteiger partial charge in [0, 0.05) is 30.1 Å². The predicted molar refractivity (Wildman–Crippen MR) is 91.1 cm³/mol. The highest BCUT2D eigenvalue weighted by atomic mass is 32.1. The van der Waals surface area contributed by atoms with Crippen LogP contribution < -0.4 is 0 Å². The minimum Gasteiger partial charge on any atom is -0.340 e. The number of aryl methyl sites for hydroxylation is 2. The maximum atomic E-state index is 5.04. The van der Waals surface area contributed by atoms with Gasteiger partial charge in [-0.05, 0) is 19.0 Å². The van der Waals surface area contributed by atoms with Gasteiger partial charge in [0.25, 0.3) is 0 Å². The summed E-state index contributed by atoms with van der Waals surface area (Å²) in [5, 5.41) is 5.04. The van der Waals surface area contributed by atoms with Crippen molar-refractivity contribution in [3.8, 4) is 10.6 Å². The first kappa shape index (κ1) is 15.8. The Morgan fingerprint density at radius 1 is 1.17 bits per heavy atom. The number of hydrogen-bond donors (Lipinski definition) is 0. The third-order valence-electron chi connectivity index (χ3n) is 3.69. The van der Waals surface area contributed by atoms with E-state index in [9.17, 15) is 0 Å². The highest BCUT2D eigenvalue weighted by molar-refractivity contribution is 7.15. The molecule has 0 saturated heterocycles. The number of aromatic nitrogens is 3. The second-order valence-corrected chi connectivity index (χ2v) is 6.59. The van der Waals surface area contributed by atoms with Gasteiger partial charge in [-0.25, -0.2) is 4.98 Å². The van der Waals surface area contributed by atoms with Crippen molar-refractivity contribution >= 4 is 11.3 Å². The van der Waals surface area contributed by atoms with Gasteiger partial charge < -0.3 is 4.52 Å². The van der Waals surface area contributed by atoms with Crippen molar-refractivity contribution in [2.45, 2.75) is 33.9 Å². The summed E-state index contributed by atoms with van der Waals surface area (Å²) in [6, 6.07) is 8.35. The van der Waals surface area contributed by atoms with Crippen LogP contribution in [0.4, 0.5) is 0 Å². The molecule has 120 valence electrons. The van der Waals surface area contributed by atoms with E-state index in [1.165, 1.54) is 16.0 Å². The smallest absolute Gasteiger partial charge is 0.223 e. The monoisotopic (exact) mass is 328 g/mol. The molecule has 0 aliphatic carbocycles. The largest absolute Gasteiger partial charge is 0.340 e. The number of nitrogens with zero attached hydrogens (tertiary/aromatic N) is 4. The number of benzene rings is 1. The Balaban J connectivity index is 1.71. The van der Waals surface area contributed by atoms with Crippen LogP contribution in [-0.4, -0.2) is 26.6 Å². The lowest BCUT2D eigenvalue weighted by Crippen LogP contribution is -2.22. The van der Waals surface area contributed by atoms with Crippen LogP contribution in [-0.2, 0) is 13.1 Å². The van der Waals surface area contributed by atoms with Gasteiger partial charge >= 0.3 is 0 Å². The second-order valence-electron chi connectivity index (χ2n) is 5.48. The van der Waals surface area contributed by atoms with Gasteiger partial charge in [-0.1, -0.05) is 36.3 Å². The van der Waals surface area contributed by atoms with E-state index in [-0.39, 0.29) is 0 Å². The molecule has 0 saturated carbocycles. The van der Waals surface area contributed by atoms with Crippen molar-refractivity contribution < 1.29 is 4.52 Å².